The Balaban J connectivity index is 2.43. The molecule has 0 aliphatic rings. The van der Waals surface area contributed by atoms with Crippen molar-refractivity contribution in [2.24, 2.45) is 0 Å². The number of nitro groups is 1. The van der Waals surface area contributed by atoms with Crippen LogP contribution in [0.15, 0.2) is 24.5 Å². The minimum absolute atomic E-state index is 0.0182. The summed E-state index contributed by atoms with van der Waals surface area (Å²) in [6.45, 7) is 5.62. The average molecular weight is 289 g/mol. The molecule has 0 aliphatic heterocycles. The van der Waals surface area contributed by atoms with Gasteiger partial charge in [-0.25, -0.2) is 9.97 Å². The second-order valence-corrected chi connectivity index (χ2v) is 4.72. The lowest BCUT2D eigenvalue weighted by Crippen LogP contribution is -2.05. The highest BCUT2D eigenvalue weighted by Gasteiger charge is 2.15. The Bertz CT molecular complexity index is 624. The molecule has 2 aromatic rings. The third-order valence-corrected chi connectivity index (χ3v) is 2.99. The van der Waals surface area contributed by atoms with Crippen molar-refractivity contribution >= 4 is 11.5 Å². The van der Waals surface area contributed by atoms with E-state index in [1.54, 1.807) is 6.20 Å². The maximum Gasteiger partial charge on any atom is 0.275 e. The van der Waals surface area contributed by atoms with Crippen LogP contribution in [0.3, 0.4) is 0 Å². The SMILES string of the molecule is CCCNc1cc([N+](=O)[O-])cc(-c2nccn2CCC)n1. The van der Waals surface area contributed by atoms with Crippen molar-refractivity contribution in [3.05, 3.63) is 34.6 Å². The van der Waals surface area contributed by atoms with Crippen LogP contribution in [0.4, 0.5) is 11.5 Å². The van der Waals surface area contributed by atoms with E-state index in [4.69, 9.17) is 0 Å². The highest BCUT2D eigenvalue weighted by atomic mass is 16.6. The second kappa shape index (κ2) is 6.83. The molecule has 7 nitrogen and oxygen atoms in total. The van der Waals surface area contributed by atoms with Crippen LogP contribution in [0.1, 0.15) is 26.7 Å². The summed E-state index contributed by atoms with van der Waals surface area (Å²) in [6.07, 6.45) is 5.42. The van der Waals surface area contributed by atoms with Crippen molar-refractivity contribution in [2.75, 3.05) is 11.9 Å². The number of hydrogen-bond donors (Lipinski definition) is 1. The molecule has 7 heteroatoms. The van der Waals surface area contributed by atoms with E-state index in [1.807, 2.05) is 17.7 Å². The van der Waals surface area contributed by atoms with Gasteiger partial charge in [-0.15, -0.1) is 0 Å². The standard InChI is InChI=1S/C14H19N5O2/c1-3-5-15-13-10-11(19(20)21)9-12(17-13)14-16-6-8-18(14)7-4-2/h6,8-10H,3-5,7H2,1-2H3,(H,15,17). The number of nitrogens with zero attached hydrogens (tertiary/aromatic N) is 4. The van der Waals surface area contributed by atoms with Gasteiger partial charge in [-0.1, -0.05) is 13.8 Å². The van der Waals surface area contributed by atoms with Gasteiger partial charge in [-0.05, 0) is 12.8 Å². The molecule has 0 aliphatic carbocycles. The van der Waals surface area contributed by atoms with Crippen LogP contribution in [-0.4, -0.2) is 26.0 Å². The third kappa shape index (κ3) is 3.56. The van der Waals surface area contributed by atoms with Crippen LogP contribution in [0.5, 0.6) is 0 Å². The fourth-order valence-electron chi connectivity index (χ4n) is 2.04. The third-order valence-electron chi connectivity index (χ3n) is 2.99. The molecule has 21 heavy (non-hydrogen) atoms. The molecule has 0 radical (unpaired) electrons. The number of aromatic nitrogens is 3. The fourth-order valence-corrected chi connectivity index (χ4v) is 2.04. The van der Waals surface area contributed by atoms with Gasteiger partial charge in [0.15, 0.2) is 5.82 Å². The van der Waals surface area contributed by atoms with Crippen molar-refractivity contribution in [2.45, 2.75) is 33.2 Å². The minimum atomic E-state index is -0.407. The van der Waals surface area contributed by atoms with Gasteiger partial charge in [0.25, 0.3) is 5.69 Å². The number of rotatable bonds is 7. The quantitative estimate of drug-likeness (QED) is 0.625. The lowest BCUT2D eigenvalue weighted by atomic mass is 10.3. The molecular formula is C14H19N5O2. The zero-order valence-electron chi connectivity index (χ0n) is 12.2. The molecule has 0 aromatic carbocycles. The molecule has 0 unspecified atom stereocenters. The molecule has 2 aromatic heterocycles. The van der Waals surface area contributed by atoms with Crippen LogP contribution in [0.25, 0.3) is 11.5 Å². The van der Waals surface area contributed by atoms with Crippen molar-refractivity contribution in [3.8, 4) is 11.5 Å². The van der Waals surface area contributed by atoms with E-state index >= 15 is 0 Å². The first-order valence-corrected chi connectivity index (χ1v) is 7.07. The second-order valence-electron chi connectivity index (χ2n) is 4.72. The van der Waals surface area contributed by atoms with Gasteiger partial charge >= 0.3 is 0 Å². The first kappa shape index (κ1) is 15.0. The molecule has 0 spiro atoms. The van der Waals surface area contributed by atoms with E-state index < -0.39 is 4.92 Å². The van der Waals surface area contributed by atoms with E-state index in [0.29, 0.717) is 17.3 Å². The van der Waals surface area contributed by atoms with E-state index in [2.05, 4.69) is 22.2 Å². The summed E-state index contributed by atoms with van der Waals surface area (Å²) >= 11 is 0. The number of anilines is 1. The summed E-state index contributed by atoms with van der Waals surface area (Å²) in [6, 6.07) is 2.91. The van der Waals surface area contributed by atoms with Crippen molar-refractivity contribution in [1.82, 2.24) is 14.5 Å². The zero-order chi connectivity index (χ0) is 15.2. The molecule has 2 rings (SSSR count). The highest BCUT2D eigenvalue weighted by Crippen LogP contribution is 2.24. The summed E-state index contributed by atoms with van der Waals surface area (Å²) in [5.41, 5.74) is 0.533. The maximum atomic E-state index is 11.1. The number of nitrogens with one attached hydrogen (secondary N) is 1. The smallest absolute Gasteiger partial charge is 0.275 e. The van der Waals surface area contributed by atoms with Gasteiger partial charge in [0.1, 0.15) is 11.5 Å². The van der Waals surface area contributed by atoms with Gasteiger partial charge < -0.3 is 9.88 Å². The predicted molar refractivity (Wildman–Crippen MR) is 81.2 cm³/mol. The number of aryl methyl sites for hydroxylation is 1. The molecular weight excluding hydrogens is 270 g/mol. The topological polar surface area (TPSA) is 85.9 Å². The Morgan fingerprint density at radius 2 is 2.14 bits per heavy atom. The molecule has 0 saturated carbocycles. The van der Waals surface area contributed by atoms with E-state index in [-0.39, 0.29) is 5.69 Å². The van der Waals surface area contributed by atoms with Crippen LogP contribution in [-0.2, 0) is 6.54 Å². The van der Waals surface area contributed by atoms with Gasteiger partial charge in [-0.3, -0.25) is 10.1 Å². The summed E-state index contributed by atoms with van der Waals surface area (Å²) in [5, 5.41) is 14.2. The van der Waals surface area contributed by atoms with Gasteiger partial charge in [0, 0.05) is 31.5 Å². The molecule has 1 N–H and O–H groups in total. The van der Waals surface area contributed by atoms with Crippen LogP contribution < -0.4 is 5.32 Å². The fraction of sp³-hybridized carbons (Fsp3) is 0.429. The first-order chi connectivity index (χ1) is 10.2. The Labute approximate surface area is 123 Å². The van der Waals surface area contributed by atoms with Crippen molar-refractivity contribution in [3.63, 3.8) is 0 Å². The van der Waals surface area contributed by atoms with Crippen molar-refractivity contribution < 1.29 is 4.92 Å². The Hall–Kier alpha value is -2.44. The number of hydrogen-bond acceptors (Lipinski definition) is 5. The molecule has 0 saturated heterocycles. The maximum absolute atomic E-state index is 11.1. The molecule has 2 heterocycles. The lowest BCUT2D eigenvalue weighted by molar-refractivity contribution is -0.384. The summed E-state index contributed by atoms with van der Waals surface area (Å²) in [4.78, 5) is 19.4. The predicted octanol–water partition coefficient (Wildman–Crippen LogP) is 3.09. The lowest BCUT2D eigenvalue weighted by Gasteiger charge is -2.08. The Morgan fingerprint density at radius 3 is 2.81 bits per heavy atom. The van der Waals surface area contributed by atoms with Crippen LogP contribution in [0, 0.1) is 10.1 Å². The molecule has 112 valence electrons. The largest absolute Gasteiger partial charge is 0.370 e. The summed E-state index contributed by atoms with van der Waals surface area (Å²) in [7, 11) is 0. The first-order valence-electron chi connectivity index (χ1n) is 7.07. The monoisotopic (exact) mass is 289 g/mol. The summed E-state index contributed by atoms with van der Waals surface area (Å²) in [5.74, 6) is 1.16. The Morgan fingerprint density at radius 1 is 1.33 bits per heavy atom. The molecule has 0 fully saturated rings. The molecule has 0 bridgehead atoms. The number of imidazole rings is 1. The summed E-state index contributed by atoms with van der Waals surface area (Å²) < 4.78 is 1.95. The van der Waals surface area contributed by atoms with Crippen LogP contribution in [0.2, 0.25) is 0 Å². The minimum Gasteiger partial charge on any atom is -0.370 e. The van der Waals surface area contributed by atoms with Gasteiger partial charge in [0.2, 0.25) is 0 Å². The molecule has 0 amide bonds. The normalized spacial score (nSPS) is 10.6. The zero-order valence-corrected chi connectivity index (χ0v) is 12.2. The van der Waals surface area contributed by atoms with Gasteiger partial charge in [0.05, 0.1) is 11.0 Å². The Kier molecular flexibility index (Phi) is 4.86. The van der Waals surface area contributed by atoms with Gasteiger partial charge in [-0.2, -0.15) is 0 Å². The van der Waals surface area contributed by atoms with Crippen molar-refractivity contribution in [1.29, 1.82) is 0 Å². The van der Waals surface area contributed by atoms with E-state index in [9.17, 15) is 10.1 Å². The number of pyridine rings is 1. The average Bonchev–Trinajstić information content (AvgIpc) is 2.93. The van der Waals surface area contributed by atoms with E-state index in [0.717, 1.165) is 25.9 Å². The van der Waals surface area contributed by atoms with E-state index in [1.165, 1.54) is 12.1 Å². The highest BCUT2D eigenvalue weighted by molar-refractivity contribution is 5.60. The van der Waals surface area contributed by atoms with Crippen LogP contribution >= 0.6 is 0 Å². The molecule has 0 atom stereocenters.